The van der Waals surface area contributed by atoms with Crippen molar-refractivity contribution in [3.63, 3.8) is 0 Å². The van der Waals surface area contributed by atoms with Gasteiger partial charge in [-0.25, -0.2) is 9.20 Å². The second-order valence-corrected chi connectivity index (χ2v) is 9.13. The number of carbonyl (C=O) groups is 1. The number of pyridine rings is 1. The minimum absolute atomic E-state index is 0.0856. The van der Waals surface area contributed by atoms with E-state index >= 15 is 0 Å². The van der Waals surface area contributed by atoms with Crippen molar-refractivity contribution in [2.24, 2.45) is 0 Å². The van der Waals surface area contributed by atoms with Crippen LogP contribution in [0.4, 0.5) is 0 Å². The molecule has 0 aliphatic rings. The van der Waals surface area contributed by atoms with E-state index in [1.165, 1.54) is 10.7 Å². The van der Waals surface area contributed by atoms with Crippen molar-refractivity contribution in [3.8, 4) is 22.5 Å². The molecule has 0 aliphatic heterocycles. The molecular weight excluding hydrogens is 402 g/mol. The van der Waals surface area contributed by atoms with Gasteiger partial charge in [0.1, 0.15) is 5.69 Å². The van der Waals surface area contributed by atoms with Gasteiger partial charge in [-0.2, -0.15) is 10.2 Å². The van der Waals surface area contributed by atoms with Crippen LogP contribution in [0.5, 0.6) is 0 Å². The van der Waals surface area contributed by atoms with Crippen molar-refractivity contribution in [2.75, 3.05) is 0 Å². The van der Waals surface area contributed by atoms with Crippen LogP contribution in [0.15, 0.2) is 65.6 Å². The lowest BCUT2D eigenvalue weighted by molar-refractivity contribution is 0.0919. The number of rotatable bonds is 4. The summed E-state index contributed by atoms with van der Waals surface area (Å²) in [5.41, 5.74) is 3.83. The molecule has 1 amide bonds. The van der Waals surface area contributed by atoms with E-state index in [0.717, 1.165) is 22.3 Å². The van der Waals surface area contributed by atoms with E-state index in [1.54, 1.807) is 22.8 Å². The Bertz CT molecular complexity index is 1340. The third-order valence-corrected chi connectivity index (χ3v) is 5.00. The first kappa shape index (κ1) is 21.5. The number of nitrogens with zero attached hydrogens (tertiary/aromatic N) is 4. The standard InChI is InChI=1S/C25H27N5O2/c1-16(2)30-21(31)12-11-19(27-30)22-20-15-18(24(32)26-25(3,4)5)13-14-29(20)28-23(22)17-9-7-6-8-10-17/h6-16H,1-5H3,(H,26,32). The van der Waals surface area contributed by atoms with Crippen LogP contribution >= 0.6 is 0 Å². The molecule has 32 heavy (non-hydrogen) atoms. The summed E-state index contributed by atoms with van der Waals surface area (Å²) < 4.78 is 3.21. The molecule has 1 aromatic carbocycles. The van der Waals surface area contributed by atoms with Gasteiger partial charge in [0.05, 0.1) is 22.8 Å². The normalized spacial score (nSPS) is 11.8. The Balaban J connectivity index is 1.97. The van der Waals surface area contributed by atoms with Gasteiger partial charge in [0.2, 0.25) is 0 Å². The van der Waals surface area contributed by atoms with Crippen LogP contribution in [0, 0.1) is 0 Å². The molecule has 0 atom stereocenters. The quantitative estimate of drug-likeness (QED) is 0.523. The van der Waals surface area contributed by atoms with Crippen molar-refractivity contribution in [2.45, 2.75) is 46.2 Å². The maximum absolute atomic E-state index is 12.8. The van der Waals surface area contributed by atoms with Crippen LogP contribution in [-0.4, -0.2) is 30.8 Å². The SMILES string of the molecule is CC(C)n1nc(-c2c(-c3ccccc3)nn3ccc(C(=O)NC(C)(C)C)cc23)ccc1=O. The first-order valence-corrected chi connectivity index (χ1v) is 10.6. The molecule has 0 unspecified atom stereocenters. The molecule has 7 heteroatoms. The molecule has 0 radical (unpaired) electrons. The minimum Gasteiger partial charge on any atom is -0.347 e. The van der Waals surface area contributed by atoms with E-state index in [-0.39, 0.29) is 23.0 Å². The Morgan fingerprint density at radius 1 is 1.00 bits per heavy atom. The first-order chi connectivity index (χ1) is 15.1. The predicted molar refractivity (Wildman–Crippen MR) is 126 cm³/mol. The molecule has 0 fully saturated rings. The molecule has 3 heterocycles. The highest BCUT2D eigenvalue weighted by molar-refractivity contribution is 5.98. The number of benzene rings is 1. The lowest BCUT2D eigenvalue weighted by Gasteiger charge is -2.20. The van der Waals surface area contributed by atoms with Crippen LogP contribution < -0.4 is 10.9 Å². The lowest BCUT2D eigenvalue weighted by Crippen LogP contribution is -2.40. The zero-order valence-electron chi connectivity index (χ0n) is 19.0. The summed E-state index contributed by atoms with van der Waals surface area (Å²) in [6.45, 7) is 9.67. The molecule has 164 valence electrons. The molecule has 1 N–H and O–H groups in total. The highest BCUT2D eigenvalue weighted by Crippen LogP contribution is 2.34. The van der Waals surface area contributed by atoms with Crippen LogP contribution in [0.2, 0.25) is 0 Å². The Hall–Kier alpha value is -3.74. The maximum atomic E-state index is 12.8. The van der Waals surface area contributed by atoms with Gasteiger partial charge in [-0.1, -0.05) is 30.3 Å². The molecule has 4 rings (SSSR count). The van der Waals surface area contributed by atoms with E-state index < -0.39 is 0 Å². The largest absolute Gasteiger partial charge is 0.347 e. The Morgan fingerprint density at radius 2 is 1.72 bits per heavy atom. The molecule has 0 saturated heterocycles. The Morgan fingerprint density at radius 3 is 2.38 bits per heavy atom. The topological polar surface area (TPSA) is 81.3 Å². The van der Waals surface area contributed by atoms with Gasteiger partial charge < -0.3 is 5.32 Å². The average molecular weight is 430 g/mol. The van der Waals surface area contributed by atoms with Gasteiger partial charge >= 0.3 is 0 Å². The van der Waals surface area contributed by atoms with Crippen LogP contribution in [0.1, 0.15) is 51.0 Å². The fourth-order valence-corrected chi connectivity index (χ4v) is 3.58. The number of fused-ring (bicyclic) bond motifs is 1. The number of carbonyl (C=O) groups excluding carboxylic acids is 1. The Labute approximate surface area is 186 Å². The van der Waals surface area contributed by atoms with Gasteiger partial charge in [0.25, 0.3) is 11.5 Å². The van der Waals surface area contributed by atoms with Crippen molar-refractivity contribution in [3.05, 3.63) is 76.7 Å². The molecule has 0 saturated carbocycles. The van der Waals surface area contributed by atoms with E-state index in [9.17, 15) is 9.59 Å². The van der Waals surface area contributed by atoms with E-state index in [0.29, 0.717) is 11.3 Å². The third-order valence-electron chi connectivity index (χ3n) is 5.00. The van der Waals surface area contributed by atoms with Crippen molar-refractivity contribution < 1.29 is 4.79 Å². The second-order valence-electron chi connectivity index (χ2n) is 9.13. The van der Waals surface area contributed by atoms with Gasteiger partial charge in [-0.15, -0.1) is 0 Å². The molecule has 0 spiro atoms. The number of amides is 1. The zero-order chi connectivity index (χ0) is 23.0. The fourth-order valence-electron chi connectivity index (χ4n) is 3.58. The number of hydrogen-bond acceptors (Lipinski definition) is 4. The highest BCUT2D eigenvalue weighted by atomic mass is 16.2. The summed E-state index contributed by atoms with van der Waals surface area (Å²) >= 11 is 0. The van der Waals surface area contributed by atoms with Crippen LogP contribution in [0.3, 0.4) is 0 Å². The molecule has 4 aromatic rings. The second kappa shape index (κ2) is 8.07. The van der Waals surface area contributed by atoms with Gasteiger partial charge in [-0.05, 0) is 52.8 Å². The number of aromatic nitrogens is 4. The summed E-state index contributed by atoms with van der Waals surface area (Å²) in [7, 11) is 0. The molecular formula is C25H27N5O2. The molecule has 7 nitrogen and oxygen atoms in total. The third kappa shape index (κ3) is 4.19. The smallest absolute Gasteiger partial charge is 0.267 e. The monoisotopic (exact) mass is 429 g/mol. The van der Waals surface area contributed by atoms with Crippen molar-refractivity contribution in [1.29, 1.82) is 0 Å². The minimum atomic E-state index is -0.351. The molecule has 0 aliphatic carbocycles. The van der Waals surface area contributed by atoms with E-state index in [4.69, 9.17) is 5.10 Å². The Kier molecular flexibility index (Phi) is 5.42. The lowest BCUT2D eigenvalue weighted by atomic mass is 10.0. The maximum Gasteiger partial charge on any atom is 0.267 e. The predicted octanol–water partition coefficient (Wildman–Crippen LogP) is 4.33. The summed E-state index contributed by atoms with van der Waals surface area (Å²) in [6.07, 6.45) is 1.78. The zero-order valence-corrected chi connectivity index (χ0v) is 19.0. The van der Waals surface area contributed by atoms with Gasteiger partial charge in [-0.3, -0.25) is 9.59 Å². The average Bonchev–Trinajstić information content (AvgIpc) is 3.12. The van der Waals surface area contributed by atoms with Gasteiger partial charge in [0.15, 0.2) is 0 Å². The van der Waals surface area contributed by atoms with E-state index in [2.05, 4.69) is 10.4 Å². The molecule has 3 aromatic heterocycles. The number of nitrogens with one attached hydrogen (secondary N) is 1. The summed E-state index contributed by atoms with van der Waals surface area (Å²) in [5.74, 6) is -0.159. The molecule has 0 bridgehead atoms. The first-order valence-electron chi connectivity index (χ1n) is 10.6. The fraction of sp³-hybridized carbons (Fsp3) is 0.280. The number of hydrogen-bond donors (Lipinski definition) is 1. The van der Waals surface area contributed by atoms with E-state index in [1.807, 2.05) is 71.0 Å². The van der Waals surface area contributed by atoms with Crippen molar-refractivity contribution in [1.82, 2.24) is 24.7 Å². The highest BCUT2D eigenvalue weighted by Gasteiger charge is 2.21. The van der Waals surface area contributed by atoms with Gasteiger partial charge in [0, 0.05) is 28.9 Å². The summed E-state index contributed by atoms with van der Waals surface area (Å²) in [6, 6.07) is 16.5. The van der Waals surface area contributed by atoms with Crippen LogP contribution in [-0.2, 0) is 0 Å². The van der Waals surface area contributed by atoms with Crippen molar-refractivity contribution >= 4 is 11.4 Å². The summed E-state index contributed by atoms with van der Waals surface area (Å²) in [5, 5.41) is 12.4. The summed E-state index contributed by atoms with van der Waals surface area (Å²) in [4.78, 5) is 25.1. The van der Waals surface area contributed by atoms with Crippen LogP contribution in [0.25, 0.3) is 28.0 Å².